The molecule has 0 radical (unpaired) electrons. The Morgan fingerprint density at radius 3 is 3.13 bits per heavy atom. The average Bonchev–Trinajstić information content (AvgIpc) is 3.39. The van der Waals surface area contributed by atoms with E-state index in [0.29, 0.717) is 22.5 Å². The predicted molar refractivity (Wildman–Crippen MR) is 89.1 cm³/mol. The van der Waals surface area contributed by atoms with Crippen LogP contribution in [0.2, 0.25) is 0 Å². The van der Waals surface area contributed by atoms with E-state index >= 15 is 0 Å². The lowest BCUT2D eigenvalue weighted by Gasteiger charge is -2.57. The number of likely N-dealkylation sites (tertiary alicyclic amines) is 1. The van der Waals surface area contributed by atoms with E-state index in [0.717, 1.165) is 19.4 Å². The molecule has 0 aromatic carbocycles. The van der Waals surface area contributed by atoms with Crippen molar-refractivity contribution in [2.45, 2.75) is 51.5 Å². The third kappa shape index (κ3) is 1.11. The van der Waals surface area contributed by atoms with Crippen LogP contribution in [0.15, 0.2) is 23.3 Å². The molecule has 122 valence electrons. The molecule has 7 rings (SSSR count). The molecule has 0 aromatic heterocycles. The molecule has 7 aliphatic rings. The fourth-order valence-electron chi connectivity index (χ4n) is 6.57. The molecule has 2 N–H and O–H groups in total. The second-order valence-corrected chi connectivity index (χ2v) is 11.0. The van der Waals surface area contributed by atoms with Crippen LogP contribution in [0, 0.1) is 11.3 Å². The summed E-state index contributed by atoms with van der Waals surface area (Å²) in [5.74, 6) is 0.415. The van der Waals surface area contributed by atoms with Gasteiger partial charge in [0.2, 0.25) is 0 Å². The van der Waals surface area contributed by atoms with Gasteiger partial charge in [0.15, 0.2) is 9.87 Å². The van der Waals surface area contributed by atoms with E-state index in [4.69, 9.17) is 4.74 Å². The number of hydrogen-bond acceptors (Lipinski definition) is 6. The zero-order valence-corrected chi connectivity index (χ0v) is 14.4. The molecule has 2 spiro atoms. The van der Waals surface area contributed by atoms with Gasteiger partial charge in [0.25, 0.3) is 0 Å². The molecule has 4 heterocycles. The van der Waals surface area contributed by atoms with Crippen LogP contribution in [-0.4, -0.2) is 67.3 Å². The molecule has 4 fully saturated rings. The first-order chi connectivity index (χ1) is 11.0. The highest BCUT2D eigenvalue weighted by Gasteiger charge is 2.90. The minimum Gasteiger partial charge on any atom is -0.386 e. The quantitative estimate of drug-likeness (QED) is 0.502. The van der Waals surface area contributed by atoms with Gasteiger partial charge in [-0.1, -0.05) is 29.5 Å². The van der Waals surface area contributed by atoms with Crippen molar-refractivity contribution < 1.29 is 14.9 Å². The Kier molecular flexibility index (Phi) is 1.99. The van der Waals surface area contributed by atoms with Crippen LogP contribution in [0.5, 0.6) is 0 Å². The van der Waals surface area contributed by atoms with Crippen LogP contribution in [0.25, 0.3) is 0 Å². The van der Waals surface area contributed by atoms with Gasteiger partial charge in [-0.25, -0.2) is 0 Å². The molecule has 4 nitrogen and oxygen atoms in total. The minimum absolute atomic E-state index is 0.0788. The summed E-state index contributed by atoms with van der Waals surface area (Å²) in [6.07, 6.45) is 5.63. The summed E-state index contributed by atoms with van der Waals surface area (Å²) in [6.45, 7) is 1.05. The summed E-state index contributed by atoms with van der Waals surface area (Å²) >= 11 is 3.54. The molecule has 2 bridgehead atoms. The number of ether oxygens (including phenoxy) is 1. The van der Waals surface area contributed by atoms with Crippen molar-refractivity contribution in [1.29, 1.82) is 0 Å². The Morgan fingerprint density at radius 2 is 2.26 bits per heavy atom. The monoisotopic (exact) mass is 349 g/mol. The van der Waals surface area contributed by atoms with Crippen molar-refractivity contribution in [3.8, 4) is 0 Å². The summed E-state index contributed by atoms with van der Waals surface area (Å²) in [5, 5.41) is 22.7. The van der Waals surface area contributed by atoms with Gasteiger partial charge in [0, 0.05) is 22.6 Å². The predicted octanol–water partition coefficient (Wildman–Crippen LogP) is 0.952. The topological polar surface area (TPSA) is 52.9 Å². The first kappa shape index (κ1) is 13.3. The summed E-state index contributed by atoms with van der Waals surface area (Å²) in [6, 6.07) is 0.518. The van der Waals surface area contributed by atoms with Crippen LogP contribution >= 0.6 is 23.5 Å². The highest BCUT2D eigenvalue weighted by Crippen LogP contribution is 2.87. The van der Waals surface area contributed by atoms with E-state index in [1.165, 1.54) is 5.57 Å². The molecule has 4 unspecified atom stereocenters. The van der Waals surface area contributed by atoms with Gasteiger partial charge in [-0.2, -0.15) is 0 Å². The highest BCUT2D eigenvalue weighted by atomic mass is 32.2. The Bertz CT molecular complexity index is 739. The molecular weight excluding hydrogens is 330 g/mol. The Balaban J connectivity index is 1.56. The third-order valence-electron chi connectivity index (χ3n) is 7.57. The fourth-order valence-corrected chi connectivity index (χ4v) is 9.85. The van der Waals surface area contributed by atoms with E-state index in [9.17, 15) is 10.2 Å². The first-order valence-electron chi connectivity index (χ1n) is 8.59. The van der Waals surface area contributed by atoms with Crippen LogP contribution in [-0.2, 0) is 4.74 Å². The number of aliphatic hydroxyl groups is 2. The maximum atomic E-state index is 11.2. The largest absolute Gasteiger partial charge is 0.386 e. The summed E-state index contributed by atoms with van der Waals surface area (Å²) < 4.78 is 6.56. The molecule has 9 atom stereocenters. The van der Waals surface area contributed by atoms with Gasteiger partial charge >= 0.3 is 0 Å². The SMILES string of the molecule is CN1CC[C@@]23C4=C5C[C@@H]1[C@@H]2C=C[C@H](O)[C@@H]3OC41SC1(O)C1SC51. The van der Waals surface area contributed by atoms with E-state index in [-0.39, 0.29) is 11.5 Å². The van der Waals surface area contributed by atoms with Gasteiger partial charge in [-0.3, -0.25) is 0 Å². The average molecular weight is 349 g/mol. The van der Waals surface area contributed by atoms with Crippen LogP contribution in [0.1, 0.15) is 12.8 Å². The highest BCUT2D eigenvalue weighted by molar-refractivity contribution is 8.14. The molecule has 23 heavy (non-hydrogen) atoms. The molecule has 3 aliphatic carbocycles. The number of fused-ring (bicyclic) bond motifs is 3. The normalized spacial score (nSPS) is 66.7. The fraction of sp³-hybridized carbons (Fsp3) is 0.765. The zero-order valence-electron chi connectivity index (χ0n) is 12.8. The Morgan fingerprint density at radius 1 is 1.39 bits per heavy atom. The second-order valence-electron chi connectivity index (χ2n) is 8.27. The van der Waals surface area contributed by atoms with Crippen molar-refractivity contribution in [1.82, 2.24) is 4.90 Å². The van der Waals surface area contributed by atoms with Gasteiger partial charge in [0.05, 0.1) is 17.5 Å². The second kappa shape index (κ2) is 3.46. The van der Waals surface area contributed by atoms with Crippen LogP contribution < -0.4 is 0 Å². The Hall–Kier alpha value is 0.0200. The van der Waals surface area contributed by atoms with Crippen molar-refractivity contribution in [3.05, 3.63) is 23.3 Å². The summed E-state index contributed by atoms with van der Waals surface area (Å²) in [5.41, 5.74) is 2.89. The third-order valence-corrected chi connectivity index (χ3v) is 10.7. The molecule has 4 saturated heterocycles. The first-order valence-corrected chi connectivity index (χ1v) is 10.4. The standard InChI is InChI=1S/C17H19NO3S2/c1-18-5-4-15-8-2-3-10(19)13(15)21-17-12(15)7(6-9(8)18)11-14(22-11)16(17,20)23-17/h2-3,8-11,13-14,19-20H,4-6H2,1H3/t8-,9+,10-,11?,13-,14?,15-,16?,17?/m0/s1. The number of aliphatic hydroxyl groups excluding tert-OH is 1. The van der Waals surface area contributed by atoms with Gasteiger partial charge in [-0.05, 0) is 32.0 Å². The lowest BCUT2D eigenvalue weighted by molar-refractivity contribution is -0.111. The Labute approximate surface area is 143 Å². The zero-order chi connectivity index (χ0) is 15.4. The van der Waals surface area contributed by atoms with Crippen LogP contribution in [0.3, 0.4) is 0 Å². The van der Waals surface area contributed by atoms with Crippen molar-refractivity contribution in [2.24, 2.45) is 11.3 Å². The maximum Gasteiger partial charge on any atom is 0.178 e. The van der Waals surface area contributed by atoms with Crippen molar-refractivity contribution in [3.63, 3.8) is 0 Å². The minimum atomic E-state index is -0.742. The smallest absolute Gasteiger partial charge is 0.178 e. The number of thioether (sulfide) groups is 2. The number of nitrogens with zero attached hydrogens (tertiary/aromatic N) is 1. The maximum absolute atomic E-state index is 11.2. The lowest BCUT2D eigenvalue weighted by Crippen LogP contribution is -2.62. The van der Waals surface area contributed by atoms with Gasteiger partial charge < -0.3 is 19.8 Å². The molecule has 4 aliphatic heterocycles. The van der Waals surface area contributed by atoms with Crippen LogP contribution in [0.4, 0.5) is 0 Å². The molecular formula is C17H19NO3S2. The molecule has 6 heteroatoms. The molecule has 0 amide bonds. The number of rotatable bonds is 0. The van der Waals surface area contributed by atoms with Crippen molar-refractivity contribution >= 4 is 23.5 Å². The van der Waals surface area contributed by atoms with E-state index in [1.54, 1.807) is 17.3 Å². The van der Waals surface area contributed by atoms with Gasteiger partial charge in [0.1, 0.15) is 0 Å². The molecule has 0 aromatic rings. The van der Waals surface area contributed by atoms with E-state index in [2.05, 4.69) is 18.0 Å². The van der Waals surface area contributed by atoms with Gasteiger partial charge in [-0.15, -0.1) is 11.8 Å². The number of hydrogen-bond donors (Lipinski definition) is 2. The number of piperidine rings is 1. The summed E-state index contributed by atoms with van der Waals surface area (Å²) in [4.78, 5) is 1.23. The van der Waals surface area contributed by atoms with Crippen molar-refractivity contribution in [2.75, 3.05) is 13.6 Å². The van der Waals surface area contributed by atoms with E-state index < -0.39 is 16.0 Å². The summed E-state index contributed by atoms with van der Waals surface area (Å²) in [7, 11) is 2.24. The molecule has 0 saturated carbocycles. The lowest BCUT2D eigenvalue weighted by atomic mass is 9.51. The van der Waals surface area contributed by atoms with E-state index in [1.807, 2.05) is 17.8 Å².